The van der Waals surface area contributed by atoms with E-state index in [9.17, 15) is 9.59 Å². The number of halogens is 1. The molecular formula is C17H26BrN3O2S. The van der Waals surface area contributed by atoms with Crippen molar-refractivity contribution in [2.24, 2.45) is 11.7 Å². The third kappa shape index (κ3) is 7.32. The van der Waals surface area contributed by atoms with Gasteiger partial charge in [0.05, 0.1) is 19.6 Å². The Hall–Kier alpha value is -0.920. The predicted octanol–water partition coefficient (Wildman–Crippen LogP) is 2.88. The number of carbonyl (C=O) groups is 2. The van der Waals surface area contributed by atoms with Crippen molar-refractivity contribution in [2.45, 2.75) is 45.1 Å². The monoisotopic (exact) mass is 415 g/mol. The summed E-state index contributed by atoms with van der Waals surface area (Å²) in [5, 5.41) is 4.90. The average molecular weight is 416 g/mol. The molecule has 1 aromatic heterocycles. The Balaban J connectivity index is 1.75. The normalized spacial score (nSPS) is 15.6. The van der Waals surface area contributed by atoms with Crippen LogP contribution >= 0.6 is 27.3 Å². The first-order chi connectivity index (χ1) is 11.5. The van der Waals surface area contributed by atoms with Gasteiger partial charge in [-0.2, -0.15) is 0 Å². The molecule has 1 heterocycles. The van der Waals surface area contributed by atoms with Crippen molar-refractivity contribution >= 4 is 39.1 Å². The van der Waals surface area contributed by atoms with E-state index >= 15 is 0 Å². The van der Waals surface area contributed by atoms with Crippen LogP contribution < -0.4 is 11.1 Å². The fraction of sp³-hybridized carbons (Fsp3) is 0.647. The molecule has 134 valence electrons. The summed E-state index contributed by atoms with van der Waals surface area (Å²) in [5.41, 5.74) is 5.33. The molecule has 7 heteroatoms. The van der Waals surface area contributed by atoms with E-state index in [2.05, 4.69) is 21.2 Å². The lowest BCUT2D eigenvalue weighted by atomic mass is 9.87. The first-order valence-corrected chi connectivity index (χ1v) is 10.2. The molecule has 2 amide bonds. The Morgan fingerprint density at radius 2 is 2.04 bits per heavy atom. The van der Waals surface area contributed by atoms with Crippen molar-refractivity contribution in [3.8, 4) is 0 Å². The topological polar surface area (TPSA) is 75.4 Å². The van der Waals surface area contributed by atoms with E-state index in [-0.39, 0.29) is 24.9 Å². The first kappa shape index (κ1) is 19.4. The van der Waals surface area contributed by atoms with Crippen molar-refractivity contribution < 1.29 is 9.59 Å². The number of primary amides is 1. The molecule has 1 aliphatic rings. The van der Waals surface area contributed by atoms with Crippen molar-refractivity contribution in [3.05, 3.63) is 20.8 Å². The third-order valence-corrected chi connectivity index (χ3v) is 6.10. The zero-order chi connectivity index (χ0) is 17.4. The van der Waals surface area contributed by atoms with Crippen LogP contribution in [0, 0.1) is 5.92 Å². The number of hydrogen-bond donors (Lipinski definition) is 2. The Labute approximate surface area is 156 Å². The molecule has 2 rings (SSSR count). The highest BCUT2D eigenvalue weighted by Gasteiger charge is 2.18. The van der Waals surface area contributed by atoms with Gasteiger partial charge in [-0.1, -0.05) is 32.1 Å². The highest BCUT2D eigenvalue weighted by atomic mass is 79.9. The van der Waals surface area contributed by atoms with Gasteiger partial charge < -0.3 is 11.1 Å². The number of nitrogens with two attached hydrogens (primary N) is 1. The smallest absolute Gasteiger partial charge is 0.234 e. The fourth-order valence-electron chi connectivity index (χ4n) is 3.17. The van der Waals surface area contributed by atoms with E-state index < -0.39 is 0 Å². The average Bonchev–Trinajstić information content (AvgIpc) is 2.97. The summed E-state index contributed by atoms with van der Waals surface area (Å²) in [7, 11) is 0. The van der Waals surface area contributed by atoms with Gasteiger partial charge in [-0.3, -0.25) is 14.5 Å². The van der Waals surface area contributed by atoms with E-state index in [4.69, 9.17) is 5.73 Å². The van der Waals surface area contributed by atoms with Crippen molar-refractivity contribution in [2.75, 3.05) is 19.6 Å². The number of rotatable bonds is 9. The maximum absolute atomic E-state index is 12.2. The molecular weight excluding hydrogens is 390 g/mol. The van der Waals surface area contributed by atoms with Crippen LogP contribution in [-0.4, -0.2) is 36.3 Å². The maximum atomic E-state index is 12.2. The Bertz CT molecular complexity index is 544. The van der Waals surface area contributed by atoms with Crippen molar-refractivity contribution in [1.82, 2.24) is 10.2 Å². The summed E-state index contributed by atoms with van der Waals surface area (Å²) in [6, 6.07) is 2.00. The summed E-state index contributed by atoms with van der Waals surface area (Å²) in [4.78, 5) is 26.4. The van der Waals surface area contributed by atoms with Gasteiger partial charge in [0.15, 0.2) is 0 Å². The quantitative estimate of drug-likeness (QED) is 0.650. The number of nitrogens with one attached hydrogen (secondary N) is 1. The van der Waals surface area contributed by atoms with Crippen molar-refractivity contribution in [3.63, 3.8) is 0 Å². The summed E-state index contributed by atoms with van der Waals surface area (Å²) in [5.74, 6) is 0.277. The summed E-state index contributed by atoms with van der Waals surface area (Å²) >= 11 is 5.00. The molecule has 0 atom stereocenters. The van der Waals surface area contributed by atoms with E-state index in [1.807, 2.05) is 16.3 Å². The molecule has 0 radical (unpaired) electrons. The van der Waals surface area contributed by atoms with Crippen LogP contribution in [0.5, 0.6) is 0 Å². The van der Waals surface area contributed by atoms with Crippen LogP contribution in [0.1, 0.15) is 43.4 Å². The molecule has 1 fully saturated rings. The zero-order valence-corrected chi connectivity index (χ0v) is 16.3. The molecule has 0 unspecified atom stereocenters. The van der Waals surface area contributed by atoms with Crippen LogP contribution in [0.4, 0.5) is 0 Å². The predicted molar refractivity (Wildman–Crippen MR) is 101 cm³/mol. The van der Waals surface area contributed by atoms with Crippen LogP contribution in [-0.2, 0) is 16.1 Å². The highest BCUT2D eigenvalue weighted by molar-refractivity contribution is 9.10. The molecule has 5 nitrogen and oxygen atoms in total. The van der Waals surface area contributed by atoms with Gasteiger partial charge >= 0.3 is 0 Å². The molecule has 3 N–H and O–H groups in total. The lowest BCUT2D eigenvalue weighted by Crippen LogP contribution is -2.42. The molecule has 24 heavy (non-hydrogen) atoms. The standard InChI is InChI=1S/C17H26BrN3O2S/c18-14-8-15(24-12-14)9-20-17(23)11-21(10-16(19)22)7-6-13-4-2-1-3-5-13/h8,12-13H,1-7,9-11H2,(H2,19,22)(H,20,23). The van der Waals surface area contributed by atoms with Gasteiger partial charge in [-0.05, 0) is 40.9 Å². The van der Waals surface area contributed by atoms with Gasteiger partial charge in [0.1, 0.15) is 0 Å². The van der Waals surface area contributed by atoms with Crippen molar-refractivity contribution in [1.29, 1.82) is 0 Å². The molecule has 0 bridgehead atoms. The molecule has 0 aliphatic heterocycles. The number of nitrogens with zero attached hydrogens (tertiary/aromatic N) is 1. The van der Waals surface area contributed by atoms with E-state index in [0.29, 0.717) is 6.54 Å². The molecule has 1 aromatic rings. The minimum atomic E-state index is -0.381. The van der Waals surface area contributed by atoms with E-state index in [1.165, 1.54) is 32.1 Å². The number of carbonyl (C=O) groups excluding carboxylic acids is 2. The highest BCUT2D eigenvalue weighted by Crippen LogP contribution is 2.26. The largest absolute Gasteiger partial charge is 0.369 e. The molecule has 1 saturated carbocycles. The molecule has 0 saturated heterocycles. The summed E-state index contributed by atoms with van der Waals surface area (Å²) < 4.78 is 1.03. The lowest BCUT2D eigenvalue weighted by Gasteiger charge is -2.26. The number of hydrogen-bond acceptors (Lipinski definition) is 4. The van der Waals surface area contributed by atoms with E-state index in [1.54, 1.807) is 11.3 Å². The number of amides is 2. The first-order valence-electron chi connectivity index (χ1n) is 8.53. The van der Waals surface area contributed by atoms with Gasteiger partial charge in [0.25, 0.3) is 0 Å². The third-order valence-electron chi connectivity index (χ3n) is 4.41. The minimum Gasteiger partial charge on any atom is -0.369 e. The minimum absolute atomic E-state index is 0.0654. The van der Waals surface area contributed by atoms with Gasteiger partial charge in [0.2, 0.25) is 11.8 Å². The zero-order valence-electron chi connectivity index (χ0n) is 13.9. The van der Waals surface area contributed by atoms with Gasteiger partial charge in [-0.15, -0.1) is 11.3 Å². The SMILES string of the molecule is NC(=O)CN(CCC1CCCCC1)CC(=O)NCc1cc(Br)cs1. The van der Waals surface area contributed by atoms with Crippen LogP contribution in [0.15, 0.2) is 15.9 Å². The second-order valence-corrected chi connectivity index (χ2v) is 8.39. The maximum Gasteiger partial charge on any atom is 0.234 e. The summed E-state index contributed by atoms with van der Waals surface area (Å²) in [6.45, 7) is 1.64. The van der Waals surface area contributed by atoms with E-state index in [0.717, 1.165) is 28.2 Å². The van der Waals surface area contributed by atoms with Crippen LogP contribution in [0.25, 0.3) is 0 Å². The Morgan fingerprint density at radius 1 is 1.29 bits per heavy atom. The van der Waals surface area contributed by atoms with Gasteiger partial charge in [-0.25, -0.2) is 0 Å². The summed E-state index contributed by atoms with van der Waals surface area (Å²) in [6.07, 6.45) is 7.52. The fourth-order valence-corrected chi connectivity index (χ4v) is 4.56. The Kier molecular flexibility index (Phi) is 8.21. The van der Waals surface area contributed by atoms with Gasteiger partial charge in [0, 0.05) is 14.7 Å². The second-order valence-electron chi connectivity index (χ2n) is 6.48. The molecule has 0 aromatic carbocycles. The van der Waals surface area contributed by atoms with Crippen LogP contribution in [0.2, 0.25) is 0 Å². The van der Waals surface area contributed by atoms with Crippen LogP contribution in [0.3, 0.4) is 0 Å². The Morgan fingerprint density at radius 3 is 2.67 bits per heavy atom. The second kappa shape index (κ2) is 10.2. The molecule has 1 aliphatic carbocycles. The lowest BCUT2D eigenvalue weighted by molar-refractivity contribution is -0.124. The number of thiophene rings is 1. The molecule has 0 spiro atoms.